The summed E-state index contributed by atoms with van der Waals surface area (Å²) in [4.78, 5) is 0. The number of benzene rings is 1. The predicted molar refractivity (Wildman–Crippen MR) is 118 cm³/mol. The van der Waals surface area contributed by atoms with Crippen LogP contribution in [0.5, 0.6) is 0 Å². The molecule has 2 heterocycles. The number of hydrogen-bond acceptors (Lipinski definition) is 3. The van der Waals surface area contributed by atoms with Crippen molar-refractivity contribution in [2.45, 2.75) is 64.5 Å². The van der Waals surface area contributed by atoms with Crippen molar-refractivity contribution < 1.29 is 0 Å². The lowest BCUT2D eigenvalue weighted by Gasteiger charge is -2.22. The SMILES string of the molecule is Cc1nn(C)cc1[C@@H](C)NCc1cn(C)nc1-c1ccc(C2CCCCC2)cc1. The smallest absolute Gasteiger partial charge is 0.0967 e. The third-order valence-corrected chi connectivity index (χ3v) is 6.28. The van der Waals surface area contributed by atoms with Crippen LogP contribution in [0.3, 0.4) is 0 Å². The summed E-state index contributed by atoms with van der Waals surface area (Å²) >= 11 is 0. The largest absolute Gasteiger partial charge is 0.306 e. The highest BCUT2D eigenvalue weighted by Gasteiger charge is 2.17. The molecule has 0 amide bonds. The van der Waals surface area contributed by atoms with E-state index in [-0.39, 0.29) is 6.04 Å². The fraction of sp³-hybridized carbons (Fsp3) is 0.500. The second-order valence-corrected chi connectivity index (χ2v) is 8.58. The van der Waals surface area contributed by atoms with Crippen molar-refractivity contribution in [3.8, 4) is 11.3 Å². The third-order valence-electron chi connectivity index (χ3n) is 6.28. The highest BCUT2D eigenvalue weighted by Crippen LogP contribution is 2.33. The average Bonchev–Trinajstić information content (AvgIpc) is 3.28. The minimum Gasteiger partial charge on any atom is -0.306 e. The Morgan fingerprint density at radius 2 is 1.69 bits per heavy atom. The number of nitrogens with one attached hydrogen (secondary N) is 1. The van der Waals surface area contributed by atoms with E-state index in [1.54, 1.807) is 0 Å². The molecule has 5 nitrogen and oxygen atoms in total. The van der Waals surface area contributed by atoms with E-state index in [0.29, 0.717) is 0 Å². The molecule has 1 saturated carbocycles. The molecule has 3 aromatic rings. The van der Waals surface area contributed by atoms with E-state index in [9.17, 15) is 0 Å². The number of nitrogens with zero attached hydrogens (tertiary/aromatic N) is 4. The molecule has 2 aromatic heterocycles. The first kappa shape index (κ1) is 19.9. The normalized spacial score (nSPS) is 16.3. The van der Waals surface area contributed by atoms with E-state index in [4.69, 9.17) is 5.10 Å². The number of hydrogen-bond donors (Lipinski definition) is 1. The van der Waals surface area contributed by atoms with Gasteiger partial charge in [0.25, 0.3) is 0 Å². The summed E-state index contributed by atoms with van der Waals surface area (Å²) < 4.78 is 3.80. The van der Waals surface area contributed by atoms with Gasteiger partial charge >= 0.3 is 0 Å². The maximum Gasteiger partial charge on any atom is 0.0967 e. The lowest BCUT2D eigenvalue weighted by atomic mass is 9.84. The van der Waals surface area contributed by atoms with Gasteiger partial charge in [-0.05, 0) is 38.2 Å². The zero-order chi connectivity index (χ0) is 20.4. The minimum absolute atomic E-state index is 0.241. The highest BCUT2D eigenvalue weighted by atomic mass is 15.3. The molecule has 1 aliphatic rings. The van der Waals surface area contributed by atoms with E-state index in [0.717, 1.165) is 23.9 Å². The Balaban J connectivity index is 1.48. The maximum atomic E-state index is 4.76. The van der Waals surface area contributed by atoms with Crippen LogP contribution in [0.1, 0.15) is 73.4 Å². The first-order valence-electron chi connectivity index (χ1n) is 10.9. The van der Waals surface area contributed by atoms with Crippen LogP contribution in [0.2, 0.25) is 0 Å². The van der Waals surface area contributed by atoms with Crippen LogP contribution in [0.4, 0.5) is 0 Å². The Labute approximate surface area is 174 Å². The van der Waals surface area contributed by atoms with Gasteiger partial charge in [0.05, 0.1) is 11.4 Å². The summed E-state index contributed by atoms with van der Waals surface area (Å²) in [6, 6.07) is 9.39. The first-order chi connectivity index (χ1) is 14.0. The van der Waals surface area contributed by atoms with Gasteiger partial charge in [-0.2, -0.15) is 10.2 Å². The van der Waals surface area contributed by atoms with Crippen LogP contribution in [-0.2, 0) is 20.6 Å². The Morgan fingerprint density at radius 1 is 1.00 bits per heavy atom. The molecule has 1 aromatic carbocycles. The molecule has 1 aliphatic carbocycles. The zero-order valence-electron chi connectivity index (χ0n) is 18.2. The summed E-state index contributed by atoms with van der Waals surface area (Å²) in [7, 11) is 3.97. The topological polar surface area (TPSA) is 47.7 Å². The lowest BCUT2D eigenvalue weighted by Crippen LogP contribution is -2.18. The highest BCUT2D eigenvalue weighted by molar-refractivity contribution is 5.63. The van der Waals surface area contributed by atoms with Gasteiger partial charge in [-0.1, -0.05) is 43.5 Å². The lowest BCUT2D eigenvalue weighted by molar-refractivity contribution is 0.443. The van der Waals surface area contributed by atoms with Gasteiger partial charge in [-0.25, -0.2) is 0 Å². The van der Waals surface area contributed by atoms with Crippen LogP contribution in [-0.4, -0.2) is 19.6 Å². The Bertz CT molecular complexity index is 944. The van der Waals surface area contributed by atoms with Crippen LogP contribution >= 0.6 is 0 Å². The van der Waals surface area contributed by atoms with Crippen molar-refractivity contribution in [1.29, 1.82) is 0 Å². The first-order valence-corrected chi connectivity index (χ1v) is 10.9. The van der Waals surface area contributed by atoms with E-state index in [1.807, 2.05) is 23.5 Å². The van der Waals surface area contributed by atoms with Crippen molar-refractivity contribution >= 4 is 0 Å². The van der Waals surface area contributed by atoms with Gasteiger partial charge in [-0.3, -0.25) is 9.36 Å². The molecule has 0 unspecified atom stereocenters. The molecule has 5 heteroatoms. The number of aryl methyl sites for hydroxylation is 3. The van der Waals surface area contributed by atoms with Gasteiger partial charge in [0, 0.05) is 55.8 Å². The van der Waals surface area contributed by atoms with Crippen molar-refractivity contribution in [3.63, 3.8) is 0 Å². The summed E-state index contributed by atoms with van der Waals surface area (Å²) in [5.41, 5.74) is 7.32. The molecule has 0 saturated heterocycles. The van der Waals surface area contributed by atoms with E-state index < -0.39 is 0 Å². The van der Waals surface area contributed by atoms with Crippen molar-refractivity contribution in [2.75, 3.05) is 0 Å². The monoisotopic (exact) mass is 391 g/mol. The van der Waals surface area contributed by atoms with E-state index >= 15 is 0 Å². The zero-order valence-corrected chi connectivity index (χ0v) is 18.2. The van der Waals surface area contributed by atoms with Gasteiger partial charge in [0.2, 0.25) is 0 Å². The quantitative estimate of drug-likeness (QED) is 0.641. The van der Waals surface area contributed by atoms with Crippen LogP contribution in [0.15, 0.2) is 36.7 Å². The summed E-state index contributed by atoms with van der Waals surface area (Å²) in [5.74, 6) is 0.742. The Morgan fingerprint density at radius 3 is 2.34 bits per heavy atom. The number of rotatable bonds is 6. The van der Waals surface area contributed by atoms with Gasteiger partial charge < -0.3 is 5.32 Å². The minimum atomic E-state index is 0.241. The van der Waals surface area contributed by atoms with Gasteiger partial charge in [0.15, 0.2) is 0 Å². The molecule has 154 valence electrons. The fourth-order valence-corrected chi connectivity index (χ4v) is 4.68. The average molecular weight is 392 g/mol. The van der Waals surface area contributed by atoms with Gasteiger partial charge in [-0.15, -0.1) is 0 Å². The van der Waals surface area contributed by atoms with Crippen molar-refractivity contribution in [1.82, 2.24) is 24.9 Å². The molecule has 4 rings (SSSR count). The molecule has 29 heavy (non-hydrogen) atoms. The third kappa shape index (κ3) is 4.45. The van der Waals surface area contributed by atoms with Crippen LogP contribution in [0.25, 0.3) is 11.3 Å². The predicted octanol–water partition coefficient (Wildman–Crippen LogP) is 5.03. The van der Waals surface area contributed by atoms with Crippen LogP contribution < -0.4 is 5.32 Å². The van der Waals surface area contributed by atoms with Crippen molar-refractivity contribution in [2.24, 2.45) is 14.1 Å². The maximum absolute atomic E-state index is 4.76. The number of aromatic nitrogens is 4. The molecule has 1 atom stereocenters. The Hall–Kier alpha value is -2.40. The van der Waals surface area contributed by atoms with Crippen LogP contribution in [0, 0.1) is 6.92 Å². The summed E-state index contributed by atoms with van der Waals surface area (Å²) in [6.07, 6.45) is 11.0. The Kier molecular flexibility index (Phi) is 5.86. The molecular weight excluding hydrogens is 358 g/mol. The van der Waals surface area contributed by atoms with Gasteiger partial charge in [0.1, 0.15) is 0 Å². The summed E-state index contributed by atoms with van der Waals surface area (Å²) in [6.45, 7) is 5.04. The van der Waals surface area contributed by atoms with E-state index in [2.05, 4.69) is 60.9 Å². The standard InChI is InChI=1S/C24H33N5/c1-17(23-16-29(4)26-18(23)2)25-14-22-15-28(3)27-24(22)21-12-10-20(11-13-21)19-8-6-5-7-9-19/h10-13,15-17,19,25H,5-9,14H2,1-4H3/t17-/m1/s1. The molecule has 0 bridgehead atoms. The summed E-state index contributed by atoms with van der Waals surface area (Å²) in [5, 5.41) is 12.9. The second kappa shape index (κ2) is 8.54. The molecular formula is C24H33N5. The molecule has 1 N–H and O–H groups in total. The molecule has 1 fully saturated rings. The van der Waals surface area contributed by atoms with Crippen molar-refractivity contribution in [3.05, 3.63) is 59.0 Å². The molecule has 0 aliphatic heterocycles. The fourth-order valence-electron chi connectivity index (χ4n) is 4.68. The molecule has 0 spiro atoms. The molecule has 0 radical (unpaired) electrons. The second-order valence-electron chi connectivity index (χ2n) is 8.58. The van der Waals surface area contributed by atoms with E-state index in [1.165, 1.54) is 54.4 Å².